The first-order chi connectivity index (χ1) is 9.59. The van der Waals surface area contributed by atoms with E-state index in [1.54, 1.807) is 4.90 Å². The Hall–Kier alpha value is -1.26. The van der Waals surface area contributed by atoms with E-state index in [0.29, 0.717) is 0 Å². The maximum Gasteiger partial charge on any atom is 0.323 e. The zero-order valence-corrected chi connectivity index (χ0v) is 12.4. The number of aliphatic carboxylic acids is 1. The summed E-state index contributed by atoms with van der Waals surface area (Å²) in [5.74, 6) is -0.910. The van der Waals surface area contributed by atoms with E-state index in [4.69, 9.17) is 5.11 Å². The maximum absolute atomic E-state index is 12.8. The minimum absolute atomic E-state index is 0.0614. The summed E-state index contributed by atoms with van der Waals surface area (Å²) >= 11 is 0. The monoisotopic (exact) mass is 282 g/mol. The van der Waals surface area contributed by atoms with Gasteiger partial charge in [-0.1, -0.05) is 25.7 Å². The second-order valence-electron chi connectivity index (χ2n) is 6.13. The quantitative estimate of drug-likeness (QED) is 0.865. The Bertz CT molecular complexity index is 353. The van der Waals surface area contributed by atoms with Crippen molar-refractivity contribution in [2.24, 2.45) is 0 Å². The Labute approximate surface area is 120 Å². The molecule has 0 aromatic carbocycles. The van der Waals surface area contributed by atoms with Gasteiger partial charge in [0.05, 0.1) is 0 Å². The highest BCUT2D eigenvalue weighted by molar-refractivity contribution is 5.80. The van der Waals surface area contributed by atoms with Gasteiger partial charge in [-0.15, -0.1) is 0 Å². The van der Waals surface area contributed by atoms with Crippen LogP contribution in [0.2, 0.25) is 0 Å². The van der Waals surface area contributed by atoms with Crippen molar-refractivity contribution in [3.63, 3.8) is 0 Å². The maximum atomic E-state index is 12.8. The lowest BCUT2D eigenvalue weighted by molar-refractivity contribution is -0.138. The lowest BCUT2D eigenvalue weighted by atomic mass is 10.1. The molecule has 0 radical (unpaired) electrons. The SMILES string of the molecule is CC1CCCCCN1C(=O)N(CC(=O)O)C1CCCC1. The van der Waals surface area contributed by atoms with E-state index >= 15 is 0 Å². The lowest BCUT2D eigenvalue weighted by Gasteiger charge is -2.36. The van der Waals surface area contributed by atoms with E-state index in [-0.39, 0.29) is 24.7 Å². The lowest BCUT2D eigenvalue weighted by Crippen LogP contribution is -2.52. The van der Waals surface area contributed by atoms with Gasteiger partial charge in [-0.3, -0.25) is 4.79 Å². The van der Waals surface area contributed by atoms with Crippen molar-refractivity contribution >= 4 is 12.0 Å². The molecule has 5 heteroatoms. The molecule has 1 aliphatic carbocycles. The highest BCUT2D eigenvalue weighted by atomic mass is 16.4. The van der Waals surface area contributed by atoms with Crippen LogP contribution in [0.4, 0.5) is 4.79 Å². The fourth-order valence-corrected chi connectivity index (χ4v) is 3.44. The van der Waals surface area contributed by atoms with Crippen LogP contribution in [0.25, 0.3) is 0 Å². The average molecular weight is 282 g/mol. The van der Waals surface area contributed by atoms with E-state index in [1.807, 2.05) is 4.90 Å². The normalized spacial score (nSPS) is 24.4. The van der Waals surface area contributed by atoms with Crippen LogP contribution < -0.4 is 0 Å². The number of amides is 2. The van der Waals surface area contributed by atoms with Gasteiger partial charge in [-0.2, -0.15) is 0 Å². The number of hydrogen-bond acceptors (Lipinski definition) is 2. The number of carboxylic acids is 1. The number of urea groups is 1. The van der Waals surface area contributed by atoms with Crippen molar-refractivity contribution in [1.29, 1.82) is 0 Å². The van der Waals surface area contributed by atoms with Gasteiger partial charge in [0.15, 0.2) is 0 Å². The smallest absolute Gasteiger partial charge is 0.323 e. The fraction of sp³-hybridized carbons (Fsp3) is 0.867. The van der Waals surface area contributed by atoms with Crippen molar-refractivity contribution < 1.29 is 14.7 Å². The summed E-state index contributed by atoms with van der Waals surface area (Å²) in [5, 5.41) is 9.10. The van der Waals surface area contributed by atoms with Gasteiger partial charge in [0.25, 0.3) is 0 Å². The molecule has 1 N–H and O–H groups in total. The molecule has 0 aromatic rings. The van der Waals surface area contributed by atoms with Gasteiger partial charge >= 0.3 is 12.0 Å². The first-order valence-electron chi connectivity index (χ1n) is 7.88. The van der Waals surface area contributed by atoms with Crippen molar-refractivity contribution in [2.75, 3.05) is 13.1 Å². The number of carbonyl (C=O) groups excluding carboxylic acids is 1. The molecule has 0 aromatic heterocycles. The predicted octanol–water partition coefficient (Wildman–Crippen LogP) is 2.70. The third-order valence-electron chi connectivity index (χ3n) is 4.62. The van der Waals surface area contributed by atoms with Crippen molar-refractivity contribution in [3.05, 3.63) is 0 Å². The van der Waals surface area contributed by atoms with Crippen LogP contribution in [-0.2, 0) is 4.79 Å². The number of likely N-dealkylation sites (tertiary alicyclic amines) is 1. The number of rotatable bonds is 3. The molecule has 1 saturated heterocycles. The molecule has 2 amide bonds. The standard InChI is InChI=1S/C15H26N2O3/c1-12-7-3-2-6-10-16(12)15(20)17(11-14(18)19)13-8-4-5-9-13/h12-13H,2-11H2,1H3,(H,18,19). The molecule has 2 rings (SSSR count). The molecule has 0 spiro atoms. The molecular weight excluding hydrogens is 256 g/mol. The highest BCUT2D eigenvalue weighted by Crippen LogP contribution is 2.26. The second-order valence-corrected chi connectivity index (χ2v) is 6.13. The minimum Gasteiger partial charge on any atom is -0.480 e. The third-order valence-corrected chi connectivity index (χ3v) is 4.62. The summed E-state index contributed by atoms with van der Waals surface area (Å²) in [4.78, 5) is 27.4. The molecule has 2 aliphatic rings. The van der Waals surface area contributed by atoms with Crippen LogP contribution in [0.3, 0.4) is 0 Å². The Balaban J connectivity index is 2.09. The van der Waals surface area contributed by atoms with Gasteiger partial charge in [0, 0.05) is 18.6 Å². The zero-order valence-electron chi connectivity index (χ0n) is 12.4. The van der Waals surface area contributed by atoms with Gasteiger partial charge in [-0.25, -0.2) is 4.79 Å². The summed E-state index contributed by atoms with van der Waals surface area (Å²) in [6, 6.07) is 0.283. The Morgan fingerprint density at radius 3 is 2.40 bits per heavy atom. The summed E-state index contributed by atoms with van der Waals surface area (Å²) in [6.07, 6.45) is 8.47. The van der Waals surface area contributed by atoms with Crippen molar-refractivity contribution in [1.82, 2.24) is 9.80 Å². The topological polar surface area (TPSA) is 60.9 Å². The zero-order chi connectivity index (χ0) is 14.5. The molecular formula is C15H26N2O3. The molecule has 114 valence electrons. The van der Waals surface area contributed by atoms with Crippen LogP contribution >= 0.6 is 0 Å². The van der Waals surface area contributed by atoms with E-state index in [1.165, 1.54) is 0 Å². The van der Waals surface area contributed by atoms with E-state index in [2.05, 4.69) is 6.92 Å². The molecule has 1 atom stereocenters. The molecule has 1 saturated carbocycles. The Kier molecular flexibility index (Phi) is 5.26. The number of hydrogen-bond donors (Lipinski definition) is 1. The second kappa shape index (κ2) is 6.95. The Morgan fingerprint density at radius 1 is 1.10 bits per heavy atom. The minimum atomic E-state index is -0.910. The number of carboxylic acid groups (broad SMARTS) is 1. The van der Waals surface area contributed by atoms with Crippen LogP contribution in [0.1, 0.15) is 58.3 Å². The highest BCUT2D eigenvalue weighted by Gasteiger charge is 2.33. The summed E-state index contributed by atoms with van der Waals surface area (Å²) in [7, 11) is 0. The summed E-state index contributed by atoms with van der Waals surface area (Å²) < 4.78 is 0. The molecule has 5 nitrogen and oxygen atoms in total. The fourth-order valence-electron chi connectivity index (χ4n) is 3.44. The molecule has 1 aliphatic heterocycles. The van der Waals surface area contributed by atoms with Gasteiger partial charge < -0.3 is 14.9 Å². The molecule has 2 fully saturated rings. The third kappa shape index (κ3) is 3.64. The Morgan fingerprint density at radius 2 is 1.75 bits per heavy atom. The van der Waals surface area contributed by atoms with E-state index in [9.17, 15) is 9.59 Å². The predicted molar refractivity (Wildman–Crippen MR) is 76.6 cm³/mol. The van der Waals surface area contributed by atoms with E-state index in [0.717, 1.165) is 57.9 Å². The summed E-state index contributed by atoms with van der Waals surface area (Å²) in [5.41, 5.74) is 0. The van der Waals surface area contributed by atoms with Crippen LogP contribution in [0.15, 0.2) is 0 Å². The molecule has 1 heterocycles. The van der Waals surface area contributed by atoms with Crippen LogP contribution in [0, 0.1) is 0 Å². The van der Waals surface area contributed by atoms with E-state index < -0.39 is 5.97 Å². The first kappa shape index (κ1) is 15.1. The largest absolute Gasteiger partial charge is 0.480 e. The number of carbonyl (C=O) groups is 2. The molecule has 0 bridgehead atoms. The van der Waals surface area contributed by atoms with Gasteiger partial charge in [0.2, 0.25) is 0 Å². The average Bonchev–Trinajstić information content (AvgIpc) is 2.84. The molecule has 20 heavy (non-hydrogen) atoms. The number of nitrogens with zero attached hydrogens (tertiary/aromatic N) is 2. The van der Waals surface area contributed by atoms with Crippen LogP contribution in [0.5, 0.6) is 0 Å². The van der Waals surface area contributed by atoms with Crippen molar-refractivity contribution in [2.45, 2.75) is 70.4 Å². The van der Waals surface area contributed by atoms with Crippen LogP contribution in [-0.4, -0.2) is 52.1 Å². The first-order valence-corrected chi connectivity index (χ1v) is 7.88. The molecule has 1 unspecified atom stereocenters. The summed E-state index contributed by atoms with van der Waals surface area (Å²) in [6.45, 7) is 2.69. The van der Waals surface area contributed by atoms with Gasteiger partial charge in [0.1, 0.15) is 6.54 Å². The van der Waals surface area contributed by atoms with Crippen molar-refractivity contribution in [3.8, 4) is 0 Å². The van der Waals surface area contributed by atoms with Gasteiger partial charge in [-0.05, 0) is 32.6 Å².